The maximum Gasteiger partial charge on any atom is 0.905 e. The molecule has 0 amide bonds. The lowest BCUT2D eigenvalue weighted by atomic mass is 11.5. The van der Waals surface area contributed by atoms with E-state index in [0.29, 0.717) is 0 Å². The normalized spacial score (nSPS) is 11.7. The minimum absolute atomic E-state index is 0.139. The zero-order valence-electron chi connectivity index (χ0n) is 10.5. The molecule has 0 radical (unpaired) electrons. The molecule has 9 heteroatoms. The van der Waals surface area contributed by atoms with E-state index in [9.17, 15) is 3.89 Å². The van der Waals surface area contributed by atoms with E-state index in [1.807, 2.05) is 0 Å². The molecular formula is C7H20AlFO6S. The molecular weight excluding hydrogens is 258 g/mol. The van der Waals surface area contributed by atoms with E-state index in [1.54, 1.807) is 21.3 Å². The largest absolute Gasteiger partial charge is 0.905 e. The van der Waals surface area contributed by atoms with Crippen molar-refractivity contribution in [3.05, 3.63) is 0 Å². The van der Waals surface area contributed by atoms with Gasteiger partial charge in [-0.3, -0.25) is 8.37 Å². The van der Waals surface area contributed by atoms with E-state index in [4.69, 9.17) is 11.4 Å². The lowest BCUT2D eigenvalue weighted by Crippen LogP contribution is -2.21. The van der Waals surface area contributed by atoms with Crippen molar-refractivity contribution in [2.45, 2.75) is 0 Å². The number of methoxy groups -OCH3 is 1. The van der Waals surface area contributed by atoms with Crippen LogP contribution in [0.1, 0.15) is 0 Å². The van der Waals surface area contributed by atoms with E-state index >= 15 is 0 Å². The van der Waals surface area contributed by atoms with E-state index in [2.05, 4.69) is 13.1 Å². The van der Waals surface area contributed by atoms with Crippen molar-refractivity contribution in [2.24, 2.45) is 0 Å². The van der Waals surface area contributed by atoms with Crippen LogP contribution in [0.2, 0.25) is 0 Å². The van der Waals surface area contributed by atoms with Crippen LogP contribution in [0.5, 0.6) is 0 Å². The second-order valence-corrected chi connectivity index (χ2v) is 6.25. The quantitative estimate of drug-likeness (QED) is 0.655. The summed E-state index contributed by atoms with van der Waals surface area (Å²) < 4.78 is 40.3. The molecule has 16 heavy (non-hydrogen) atoms. The summed E-state index contributed by atoms with van der Waals surface area (Å²) in [6, 6.07) is 0. The number of rotatable bonds is 7. The van der Waals surface area contributed by atoms with Crippen LogP contribution < -0.4 is 0 Å². The third kappa shape index (κ3) is 9.77. The molecule has 0 aromatic rings. The highest BCUT2D eigenvalue weighted by molar-refractivity contribution is 8.21. The highest BCUT2D eigenvalue weighted by Gasteiger charge is 2.24. The van der Waals surface area contributed by atoms with Crippen LogP contribution in [0.15, 0.2) is 0 Å². The van der Waals surface area contributed by atoms with Gasteiger partial charge in [0.25, 0.3) is 0 Å². The standard InChI is InChI=1S/C4H11FO3S.3CH3O.Al/c1-6-4-9(5,7-2)8-3;3*1-2;/h4H2,1-3H3;3*1H3;/q;3*-1;+3. The van der Waals surface area contributed by atoms with Gasteiger partial charge in [0, 0.05) is 28.4 Å². The minimum atomic E-state index is -2.89. The molecule has 0 aromatic heterocycles. The molecule has 0 aromatic carbocycles. The van der Waals surface area contributed by atoms with Gasteiger partial charge in [0.05, 0.1) is 14.2 Å². The molecule has 0 saturated carbocycles. The average molecular weight is 278 g/mol. The maximum atomic E-state index is 12.8. The van der Waals surface area contributed by atoms with Gasteiger partial charge in [-0.05, 0) is 11.0 Å². The molecule has 0 aliphatic rings. The maximum absolute atomic E-state index is 12.8. The molecule has 6 nitrogen and oxygen atoms in total. The highest BCUT2D eigenvalue weighted by Crippen LogP contribution is 2.49. The molecule has 0 spiro atoms. The van der Waals surface area contributed by atoms with Crippen LogP contribution in [0.25, 0.3) is 0 Å². The Balaban J connectivity index is 0. The van der Waals surface area contributed by atoms with Gasteiger partial charge in [-0.25, -0.2) is 0 Å². The molecule has 0 fully saturated rings. The first-order valence-electron chi connectivity index (χ1n) is 4.22. The lowest BCUT2D eigenvalue weighted by molar-refractivity contribution is 0.163. The van der Waals surface area contributed by atoms with E-state index in [-0.39, 0.29) is 5.94 Å². The first-order chi connectivity index (χ1) is 7.53. The van der Waals surface area contributed by atoms with Crippen LogP contribution >= 0.6 is 11.0 Å². The summed E-state index contributed by atoms with van der Waals surface area (Å²) in [4.78, 5) is 0. The Morgan fingerprint density at radius 1 is 0.875 bits per heavy atom. The Bertz CT molecular complexity index is 141. The third-order valence-corrected chi connectivity index (χ3v) is 4.00. The fraction of sp³-hybridized carbons (Fsp3) is 1.00. The molecule has 0 bridgehead atoms. The van der Waals surface area contributed by atoms with E-state index in [0.717, 1.165) is 0 Å². The molecule has 0 atom stereocenters. The van der Waals surface area contributed by atoms with Crippen LogP contribution in [-0.2, 0) is 24.5 Å². The first kappa shape index (κ1) is 18.9. The van der Waals surface area contributed by atoms with Crippen LogP contribution in [0, 0.1) is 0 Å². The summed E-state index contributed by atoms with van der Waals surface area (Å²) >= 11 is -1.67. The predicted octanol–water partition coefficient (Wildman–Crippen LogP) is 1.31. The second kappa shape index (κ2) is 12.0. The highest BCUT2D eigenvalue weighted by atomic mass is 32.3. The van der Waals surface area contributed by atoms with Crippen molar-refractivity contribution in [1.29, 1.82) is 0 Å². The molecule has 0 unspecified atom stereocenters. The summed E-state index contributed by atoms with van der Waals surface area (Å²) in [5, 5.41) is 0. The molecule has 100 valence electrons. The molecule has 0 saturated heterocycles. The van der Waals surface area contributed by atoms with Gasteiger partial charge in [0.1, 0.15) is 0 Å². The molecule has 0 N–H and O–H groups in total. The van der Waals surface area contributed by atoms with Gasteiger partial charge in [-0.1, -0.05) is 3.89 Å². The Morgan fingerprint density at radius 2 is 1.25 bits per heavy atom. The smallest absolute Gasteiger partial charge is 0.457 e. The van der Waals surface area contributed by atoms with Gasteiger partial charge >= 0.3 is 15.1 Å². The zero-order valence-corrected chi connectivity index (χ0v) is 12.5. The van der Waals surface area contributed by atoms with Crippen molar-refractivity contribution < 1.29 is 28.4 Å². The van der Waals surface area contributed by atoms with Crippen molar-refractivity contribution in [3.8, 4) is 0 Å². The van der Waals surface area contributed by atoms with Crippen molar-refractivity contribution in [2.75, 3.05) is 48.6 Å². The van der Waals surface area contributed by atoms with Crippen LogP contribution in [0.3, 0.4) is 0 Å². The van der Waals surface area contributed by atoms with Crippen molar-refractivity contribution in [1.82, 2.24) is 0 Å². The van der Waals surface area contributed by atoms with Gasteiger partial charge in [-0.15, -0.1) is 0 Å². The number of halogens is 1. The Labute approximate surface area is 103 Å². The Hall–Kier alpha value is 0.572. The summed E-state index contributed by atoms with van der Waals surface area (Å²) in [6.07, 6.45) is 0. The number of hydrogen-bond acceptors (Lipinski definition) is 6. The minimum Gasteiger partial charge on any atom is -0.457 e. The number of hydrogen-bond donors (Lipinski definition) is 0. The molecule has 0 aliphatic carbocycles. The Kier molecular flexibility index (Phi) is 14.2. The van der Waals surface area contributed by atoms with Gasteiger partial charge in [0.2, 0.25) is 0 Å². The van der Waals surface area contributed by atoms with Gasteiger partial charge < -0.3 is 16.1 Å². The summed E-state index contributed by atoms with van der Waals surface area (Å²) in [7, 11) is 5.72. The van der Waals surface area contributed by atoms with Crippen molar-refractivity contribution in [3.63, 3.8) is 0 Å². The predicted molar refractivity (Wildman–Crippen MR) is 61.4 cm³/mol. The summed E-state index contributed by atoms with van der Waals surface area (Å²) in [5.74, 6) is -0.139. The van der Waals surface area contributed by atoms with Crippen molar-refractivity contribution >= 4 is 26.1 Å². The Morgan fingerprint density at radius 3 is 1.31 bits per heavy atom. The van der Waals surface area contributed by atoms with Crippen LogP contribution in [-0.4, -0.2) is 63.7 Å². The fourth-order valence-electron chi connectivity index (χ4n) is 0.594. The summed E-state index contributed by atoms with van der Waals surface area (Å²) in [5.41, 5.74) is 0. The fourth-order valence-corrected chi connectivity index (χ4v) is 1.78. The zero-order chi connectivity index (χ0) is 13.0. The molecule has 0 aliphatic heterocycles. The first-order valence-corrected chi connectivity index (χ1v) is 7.19. The summed E-state index contributed by atoms with van der Waals surface area (Å²) in [6.45, 7) is 0. The topological polar surface area (TPSA) is 55.4 Å². The van der Waals surface area contributed by atoms with Gasteiger partial charge in [-0.2, -0.15) is 0 Å². The SMILES string of the molecule is COCS(F)(OC)OC.C[O][Al]([O]C)[O]C. The lowest BCUT2D eigenvalue weighted by Gasteiger charge is -2.28. The third-order valence-electron chi connectivity index (χ3n) is 1.33. The molecule has 0 rings (SSSR count). The number of ether oxygens (including phenoxy) is 1. The monoisotopic (exact) mass is 278 g/mol. The average Bonchev–Trinajstić information content (AvgIpc) is 2.32. The molecule has 0 heterocycles. The van der Waals surface area contributed by atoms with E-state index in [1.165, 1.54) is 21.3 Å². The van der Waals surface area contributed by atoms with Gasteiger partial charge in [0.15, 0.2) is 5.94 Å². The van der Waals surface area contributed by atoms with E-state index < -0.39 is 26.1 Å². The van der Waals surface area contributed by atoms with Crippen LogP contribution in [0.4, 0.5) is 3.89 Å². The second-order valence-electron chi connectivity index (χ2n) is 2.27.